The Balaban J connectivity index is 0.00000208. The molecule has 0 aromatic heterocycles. The fourth-order valence-electron chi connectivity index (χ4n) is 2.61. The Morgan fingerprint density at radius 3 is 1.25 bits per heavy atom. The van der Waals surface area contributed by atoms with Gasteiger partial charge in [-0.2, -0.15) is 0 Å². The monoisotopic (exact) mass is 352 g/mol. The Labute approximate surface area is 152 Å². The zero-order valence-corrected chi connectivity index (χ0v) is 14.2. The third kappa shape index (κ3) is 3.89. The van der Waals surface area contributed by atoms with Crippen LogP contribution >= 0.6 is 0 Å². The Kier molecular flexibility index (Phi) is 6.26. The van der Waals surface area contributed by atoms with Crippen LogP contribution in [0, 0.1) is 0 Å². The van der Waals surface area contributed by atoms with Crippen molar-refractivity contribution in [1.82, 2.24) is 0 Å². The third-order valence-corrected chi connectivity index (χ3v) is 3.77. The molecule has 0 aliphatic heterocycles. The summed E-state index contributed by atoms with van der Waals surface area (Å²) in [5.41, 5.74) is 1.81. The Morgan fingerprint density at radius 2 is 0.875 bits per heavy atom. The molecule has 0 saturated carbocycles. The molecule has 0 unspecified atom stereocenters. The van der Waals surface area contributed by atoms with E-state index in [0.29, 0.717) is 11.1 Å². The third-order valence-electron chi connectivity index (χ3n) is 3.77. The molecule has 0 aliphatic rings. The minimum absolute atomic E-state index is 0. The number of hydrogen-bond acceptors (Lipinski definition) is 2. The summed E-state index contributed by atoms with van der Waals surface area (Å²) in [6, 6.07) is 27.1. The van der Waals surface area contributed by atoms with Crippen LogP contribution in [0.4, 0.5) is 0 Å². The summed E-state index contributed by atoms with van der Waals surface area (Å²) in [7, 11) is 0. The van der Waals surface area contributed by atoms with Crippen molar-refractivity contribution < 1.29 is 27.0 Å². The van der Waals surface area contributed by atoms with Gasteiger partial charge in [0.2, 0.25) is 0 Å². The average molecular weight is 352 g/mol. The molecule has 0 amide bonds. The quantitative estimate of drug-likeness (QED) is 0.499. The molecule has 0 N–H and O–H groups in total. The van der Waals surface area contributed by atoms with Gasteiger partial charge in [0.05, 0.1) is 0 Å². The molecular weight excluding hydrogens is 336 g/mol. The minimum atomic E-state index is -0.819. The molecular formula is C21H16CrO2+3. The van der Waals surface area contributed by atoms with Gasteiger partial charge in [-0.05, 0) is 5.56 Å². The predicted octanol–water partition coefficient (Wildman–Crippen LogP) is 4.53. The second-order valence-corrected chi connectivity index (χ2v) is 5.30. The maximum absolute atomic E-state index is 12.9. The zero-order chi connectivity index (χ0) is 16.1. The van der Waals surface area contributed by atoms with Gasteiger partial charge < -0.3 is 0 Å². The van der Waals surface area contributed by atoms with Gasteiger partial charge >= 0.3 is 17.4 Å². The molecule has 0 spiro atoms. The first-order valence-electron chi connectivity index (χ1n) is 7.51. The number of carbonyl (C=O) groups is 2. The van der Waals surface area contributed by atoms with E-state index in [0.717, 1.165) is 5.56 Å². The topological polar surface area (TPSA) is 34.1 Å². The fraction of sp³-hybridized carbons (Fsp3) is 0.0476. The number of carbonyl (C=O) groups excluding carboxylic acids is 2. The van der Waals surface area contributed by atoms with Crippen molar-refractivity contribution >= 4 is 11.6 Å². The fourth-order valence-corrected chi connectivity index (χ4v) is 2.61. The van der Waals surface area contributed by atoms with Gasteiger partial charge in [0.25, 0.3) is 0 Å². The predicted molar refractivity (Wildman–Crippen MR) is 90.7 cm³/mol. The van der Waals surface area contributed by atoms with E-state index in [1.807, 2.05) is 66.7 Å². The molecule has 0 aliphatic carbocycles. The molecule has 3 aromatic rings. The summed E-state index contributed by atoms with van der Waals surface area (Å²) in [5, 5.41) is 0. The van der Waals surface area contributed by atoms with Crippen molar-refractivity contribution in [2.24, 2.45) is 0 Å². The van der Waals surface area contributed by atoms with Crippen LogP contribution in [-0.2, 0) is 17.4 Å². The van der Waals surface area contributed by atoms with Crippen molar-refractivity contribution in [2.45, 2.75) is 5.92 Å². The molecule has 0 saturated heterocycles. The average Bonchev–Trinajstić information content (AvgIpc) is 2.64. The molecule has 1 radical (unpaired) electrons. The van der Waals surface area contributed by atoms with Crippen molar-refractivity contribution in [3.8, 4) is 0 Å². The van der Waals surface area contributed by atoms with Crippen LogP contribution in [0.2, 0.25) is 0 Å². The summed E-state index contributed by atoms with van der Waals surface area (Å²) < 4.78 is 0. The molecule has 2 nitrogen and oxygen atoms in total. The molecule has 24 heavy (non-hydrogen) atoms. The van der Waals surface area contributed by atoms with Crippen molar-refractivity contribution in [1.29, 1.82) is 0 Å². The molecule has 0 bridgehead atoms. The second-order valence-electron chi connectivity index (χ2n) is 5.30. The molecule has 0 heterocycles. The number of ketones is 2. The first-order chi connectivity index (χ1) is 11.3. The molecule has 3 aromatic carbocycles. The largest absolute Gasteiger partial charge is 3.00 e. The van der Waals surface area contributed by atoms with E-state index in [1.54, 1.807) is 24.3 Å². The van der Waals surface area contributed by atoms with E-state index in [2.05, 4.69) is 0 Å². The smallest absolute Gasteiger partial charge is 0.293 e. The van der Waals surface area contributed by atoms with Crippen LogP contribution in [0.5, 0.6) is 0 Å². The van der Waals surface area contributed by atoms with Crippen LogP contribution in [0.15, 0.2) is 91.0 Å². The first kappa shape index (κ1) is 17.9. The first-order valence-corrected chi connectivity index (χ1v) is 7.51. The van der Waals surface area contributed by atoms with Crippen LogP contribution in [0.25, 0.3) is 0 Å². The molecule has 0 fully saturated rings. The number of benzene rings is 3. The number of Topliss-reactive ketones (excluding diaryl/α,β-unsaturated/α-hetero) is 2. The van der Waals surface area contributed by atoms with E-state index in [-0.39, 0.29) is 28.9 Å². The van der Waals surface area contributed by atoms with E-state index in [1.165, 1.54) is 0 Å². The van der Waals surface area contributed by atoms with Crippen LogP contribution in [0.3, 0.4) is 0 Å². The zero-order valence-electron chi connectivity index (χ0n) is 13.0. The molecule has 115 valence electrons. The van der Waals surface area contributed by atoms with Crippen molar-refractivity contribution in [2.75, 3.05) is 0 Å². The minimum Gasteiger partial charge on any atom is -0.293 e. The van der Waals surface area contributed by atoms with Gasteiger partial charge in [-0.15, -0.1) is 0 Å². The number of hydrogen-bond donors (Lipinski definition) is 0. The summed E-state index contributed by atoms with van der Waals surface area (Å²) in [6.07, 6.45) is 0. The van der Waals surface area contributed by atoms with Gasteiger partial charge in [0.1, 0.15) is 5.92 Å². The maximum atomic E-state index is 12.9. The van der Waals surface area contributed by atoms with Gasteiger partial charge in [-0.1, -0.05) is 91.0 Å². The molecule has 0 atom stereocenters. The maximum Gasteiger partial charge on any atom is 3.00 e. The van der Waals surface area contributed by atoms with Crippen LogP contribution in [0.1, 0.15) is 32.2 Å². The van der Waals surface area contributed by atoms with E-state index < -0.39 is 5.92 Å². The summed E-state index contributed by atoms with van der Waals surface area (Å²) >= 11 is 0. The normalized spacial score (nSPS) is 10.0. The van der Waals surface area contributed by atoms with Crippen molar-refractivity contribution in [3.63, 3.8) is 0 Å². The number of rotatable bonds is 5. The summed E-state index contributed by atoms with van der Waals surface area (Å²) in [4.78, 5) is 25.9. The summed E-state index contributed by atoms with van der Waals surface area (Å²) in [6.45, 7) is 0. The molecule has 3 heteroatoms. The van der Waals surface area contributed by atoms with Gasteiger partial charge in [-0.3, -0.25) is 9.59 Å². The summed E-state index contributed by atoms with van der Waals surface area (Å²) in [5.74, 6) is -1.17. The Morgan fingerprint density at radius 1 is 0.542 bits per heavy atom. The van der Waals surface area contributed by atoms with Crippen LogP contribution < -0.4 is 0 Å². The molecule has 3 rings (SSSR count). The Bertz CT molecular complexity index is 748. The SMILES string of the molecule is O=C(c1ccccc1)C(C(=O)c1ccccc1)c1ccccc1.[Cr+3]. The standard InChI is InChI=1S/C21H16O2.Cr/c22-20(17-12-6-2-7-13-17)19(16-10-4-1-5-11-16)21(23)18-14-8-3-9-15-18;/h1-15,19H;/q;+3. The van der Waals surface area contributed by atoms with E-state index in [4.69, 9.17) is 0 Å². The second kappa shape index (κ2) is 8.40. The van der Waals surface area contributed by atoms with E-state index in [9.17, 15) is 9.59 Å². The van der Waals surface area contributed by atoms with Crippen molar-refractivity contribution in [3.05, 3.63) is 108 Å². The van der Waals surface area contributed by atoms with E-state index >= 15 is 0 Å². The van der Waals surface area contributed by atoms with Gasteiger partial charge in [-0.25, -0.2) is 0 Å². The van der Waals surface area contributed by atoms with Gasteiger partial charge in [0.15, 0.2) is 11.6 Å². The Hall–Kier alpha value is -2.47. The van der Waals surface area contributed by atoms with Crippen LogP contribution in [-0.4, -0.2) is 11.6 Å². The van der Waals surface area contributed by atoms with Gasteiger partial charge in [0, 0.05) is 11.1 Å².